The molecule has 1 aliphatic rings. The van der Waals surface area contributed by atoms with Crippen LogP contribution >= 0.6 is 45.6 Å². The number of thiol groups is 2. The van der Waals surface area contributed by atoms with E-state index in [0.29, 0.717) is 4.86 Å². The number of allylic oxidation sites excluding steroid dienone is 4. The molecule has 5 heteroatoms. The Bertz CT molecular complexity index is 537. The Morgan fingerprint density at radius 1 is 1.06 bits per heavy atom. The van der Waals surface area contributed by atoms with Gasteiger partial charge < -0.3 is 4.89 Å². The molecule has 0 aromatic heterocycles. The standard InChI is InChI=1S/C13H11OPS3/c14-15(9-4-2-1-3-5-9)8-11-12(17)6-10(16)7-13(11)18/h1-8,14,17-18H. The van der Waals surface area contributed by atoms with Gasteiger partial charge in [0.2, 0.25) is 0 Å². The lowest BCUT2D eigenvalue weighted by Gasteiger charge is -2.14. The zero-order chi connectivity index (χ0) is 13.1. The number of hydrogen-bond acceptors (Lipinski definition) is 4. The first-order valence-electron chi connectivity index (χ1n) is 5.19. The summed E-state index contributed by atoms with van der Waals surface area (Å²) >= 11 is 13.8. The van der Waals surface area contributed by atoms with Crippen molar-refractivity contribution < 1.29 is 4.89 Å². The van der Waals surface area contributed by atoms with E-state index in [1.165, 1.54) is 0 Å². The fourth-order valence-corrected chi connectivity index (χ4v) is 4.01. The predicted octanol–water partition coefficient (Wildman–Crippen LogP) is 3.60. The molecule has 1 aliphatic carbocycles. The van der Waals surface area contributed by atoms with Gasteiger partial charge in [-0.1, -0.05) is 42.5 Å². The van der Waals surface area contributed by atoms with E-state index in [1.54, 1.807) is 18.0 Å². The molecule has 0 heterocycles. The monoisotopic (exact) mass is 310 g/mol. The van der Waals surface area contributed by atoms with Gasteiger partial charge in [0.25, 0.3) is 0 Å². The van der Waals surface area contributed by atoms with Gasteiger partial charge in [0.05, 0.1) is 8.15 Å². The highest BCUT2D eigenvalue weighted by molar-refractivity contribution is 7.87. The summed E-state index contributed by atoms with van der Waals surface area (Å²) in [5.74, 6) is 1.80. The van der Waals surface area contributed by atoms with Crippen molar-refractivity contribution in [2.75, 3.05) is 0 Å². The largest absolute Gasteiger partial charge is 0.365 e. The summed E-state index contributed by atoms with van der Waals surface area (Å²) in [5.41, 5.74) is 0.827. The van der Waals surface area contributed by atoms with Crippen molar-refractivity contribution in [3.63, 3.8) is 0 Å². The van der Waals surface area contributed by atoms with Gasteiger partial charge in [0.15, 0.2) is 0 Å². The minimum absolute atomic E-state index is 0.698. The number of rotatable bonds is 2. The summed E-state index contributed by atoms with van der Waals surface area (Å²) < 4.78 is 0. The summed E-state index contributed by atoms with van der Waals surface area (Å²) in [6, 6.07) is 9.54. The molecule has 1 nitrogen and oxygen atoms in total. The number of benzene rings is 1. The molecule has 1 N–H and O–H groups in total. The maximum atomic E-state index is 10.2. The van der Waals surface area contributed by atoms with E-state index in [2.05, 4.69) is 25.3 Å². The maximum Gasteiger partial charge on any atom is 0.0809 e. The summed E-state index contributed by atoms with van der Waals surface area (Å²) in [7, 11) is -1.35. The Morgan fingerprint density at radius 2 is 1.61 bits per heavy atom. The maximum absolute atomic E-state index is 10.2. The molecule has 0 amide bonds. The van der Waals surface area contributed by atoms with Crippen LogP contribution in [0.2, 0.25) is 0 Å². The molecule has 1 aromatic carbocycles. The molecule has 18 heavy (non-hydrogen) atoms. The van der Waals surface area contributed by atoms with Gasteiger partial charge in [-0.05, 0) is 18.0 Å². The Labute approximate surface area is 124 Å². The zero-order valence-electron chi connectivity index (χ0n) is 9.32. The zero-order valence-corrected chi connectivity index (χ0v) is 12.8. The quantitative estimate of drug-likeness (QED) is 0.441. The van der Waals surface area contributed by atoms with Gasteiger partial charge in [0.1, 0.15) is 0 Å². The van der Waals surface area contributed by atoms with Crippen LogP contribution in [0.4, 0.5) is 0 Å². The highest BCUT2D eigenvalue weighted by Crippen LogP contribution is 2.39. The van der Waals surface area contributed by atoms with Crippen LogP contribution in [0.1, 0.15) is 0 Å². The van der Waals surface area contributed by atoms with Crippen LogP contribution < -0.4 is 5.30 Å². The van der Waals surface area contributed by atoms with Crippen LogP contribution in [0.25, 0.3) is 0 Å². The van der Waals surface area contributed by atoms with Crippen molar-refractivity contribution in [2.24, 2.45) is 0 Å². The van der Waals surface area contributed by atoms with E-state index in [9.17, 15) is 4.89 Å². The molecule has 0 bridgehead atoms. The first-order chi connectivity index (χ1) is 8.58. The van der Waals surface area contributed by atoms with Gasteiger partial charge in [-0.15, -0.1) is 25.3 Å². The second-order valence-electron chi connectivity index (χ2n) is 3.68. The molecule has 92 valence electrons. The van der Waals surface area contributed by atoms with Gasteiger partial charge in [-0.3, -0.25) is 0 Å². The molecule has 0 fully saturated rings. The van der Waals surface area contributed by atoms with E-state index in [1.807, 2.05) is 30.3 Å². The van der Waals surface area contributed by atoms with Gasteiger partial charge in [-0.25, -0.2) is 0 Å². The lowest BCUT2D eigenvalue weighted by atomic mass is 10.1. The molecule has 0 radical (unpaired) electrons. The lowest BCUT2D eigenvalue weighted by molar-refractivity contribution is 0.644. The average molecular weight is 310 g/mol. The van der Waals surface area contributed by atoms with Crippen molar-refractivity contribution in [1.82, 2.24) is 0 Å². The van der Waals surface area contributed by atoms with E-state index in [0.717, 1.165) is 20.7 Å². The Hall–Kier alpha value is -0.380. The van der Waals surface area contributed by atoms with E-state index >= 15 is 0 Å². The van der Waals surface area contributed by atoms with Gasteiger partial charge in [0, 0.05) is 25.6 Å². The van der Waals surface area contributed by atoms with Crippen molar-refractivity contribution in [3.8, 4) is 0 Å². The van der Waals surface area contributed by atoms with Crippen LogP contribution in [0.3, 0.4) is 0 Å². The summed E-state index contributed by atoms with van der Waals surface area (Å²) in [6.07, 6.45) is 3.58. The molecule has 0 aliphatic heterocycles. The van der Waals surface area contributed by atoms with Crippen LogP contribution in [-0.4, -0.2) is 9.76 Å². The second kappa shape index (κ2) is 6.18. The minimum atomic E-state index is -1.35. The van der Waals surface area contributed by atoms with Crippen molar-refractivity contribution in [3.05, 3.63) is 63.7 Å². The topological polar surface area (TPSA) is 20.2 Å². The Balaban J connectivity index is 2.31. The van der Waals surface area contributed by atoms with Gasteiger partial charge >= 0.3 is 0 Å². The van der Waals surface area contributed by atoms with Crippen LogP contribution in [0.5, 0.6) is 0 Å². The molecule has 2 rings (SSSR count). The van der Waals surface area contributed by atoms with Crippen molar-refractivity contribution in [2.45, 2.75) is 0 Å². The minimum Gasteiger partial charge on any atom is -0.365 e. The van der Waals surface area contributed by atoms with Crippen molar-refractivity contribution in [1.29, 1.82) is 0 Å². The molecule has 0 spiro atoms. The Kier molecular flexibility index (Phi) is 4.82. The highest BCUT2D eigenvalue weighted by Gasteiger charge is 2.14. The third kappa shape index (κ3) is 3.34. The fourth-order valence-electron chi connectivity index (χ4n) is 1.51. The van der Waals surface area contributed by atoms with Crippen molar-refractivity contribution >= 4 is 55.8 Å². The molecule has 1 atom stereocenters. The Morgan fingerprint density at radius 3 is 2.17 bits per heavy atom. The van der Waals surface area contributed by atoms with Crippen LogP contribution in [0.15, 0.2) is 63.7 Å². The molecule has 0 saturated carbocycles. The normalized spacial score (nSPS) is 17.1. The smallest absolute Gasteiger partial charge is 0.0809 e. The van der Waals surface area contributed by atoms with Crippen LogP contribution in [-0.2, 0) is 0 Å². The van der Waals surface area contributed by atoms with Gasteiger partial charge in [-0.2, -0.15) is 0 Å². The fraction of sp³-hybridized carbons (Fsp3) is 0. The molecular formula is C13H11OPS3. The third-order valence-electron chi connectivity index (χ3n) is 2.38. The van der Waals surface area contributed by atoms with Crippen LogP contribution in [0, 0.1) is 0 Å². The van der Waals surface area contributed by atoms with E-state index < -0.39 is 8.15 Å². The number of hydrogen-bond donors (Lipinski definition) is 3. The van der Waals surface area contributed by atoms with E-state index in [4.69, 9.17) is 12.2 Å². The summed E-state index contributed by atoms with van der Waals surface area (Å²) in [4.78, 5) is 12.4. The SMILES string of the molecule is OP(C=C1C(S)=CC(=S)C=C1S)c1ccccc1. The second-order valence-corrected chi connectivity index (χ2v) is 6.58. The molecule has 1 unspecified atom stereocenters. The molecular weight excluding hydrogens is 299 g/mol. The molecule has 0 saturated heterocycles. The third-order valence-corrected chi connectivity index (χ3v) is 4.69. The highest BCUT2D eigenvalue weighted by atomic mass is 32.1. The average Bonchev–Trinajstić information content (AvgIpc) is 2.34. The summed E-state index contributed by atoms with van der Waals surface area (Å²) in [6.45, 7) is 0. The number of thiocarbonyl (C=S) groups is 1. The predicted molar refractivity (Wildman–Crippen MR) is 90.0 cm³/mol. The first-order valence-corrected chi connectivity index (χ1v) is 7.85. The first kappa shape index (κ1) is 14.0. The lowest BCUT2D eigenvalue weighted by Crippen LogP contribution is -2.01. The van der Waals surface area contributed by atoms with E-state index in [-0.39, 0.29) is 0 Å². The summed E-state index contributed by atoms with van der Waals surface area (Å²) in [5, 5.41) is 0.899. The molecule has 1 aromatic rings.